The molecule has 0 bridgehead atoms. The lowest BCUT2D eigenvalue weighted by Gasteiger charge is -2.12. The molecule has 29 heavy (non-hydrogen) atoms. The van der Waals surface area contributed by atoms with Crippen molar-refractivity contribution in [1.82, 2.24) is 5.32 Å². The molecular formula is C22H33NO5S. The maximum Gasteiger partial charge on any atom is 0.408 e. The summed E-state index contributed by atoms with van der Waals surface area (Å²) in [5.41, 5.74) is 0.902. The van der Waals surface area contributed by atoms with Gasteiger partial charge in [-0.15, -0.1) is 0 Å². The van der Waals surface area contributed by atoms with Gasteiger partial charge in [0.25, 0.3) is 0 Å². The lowest BCUT2D eigenvalue weighted by atomic mass is 10.1. The van der Waals surface area contributed by atoms with Gasteiger partial charge in [0.15, 0.2) is 0 Å². The molecular weight excluding hydrogens is 390 g/mol. The van der Waals surface area contributed by atoms with Crippen LogP contribution in [-0.2, 0) is 25.7 Å². The Hall–Kier alpha value is -2.02. The molecule has 0 saturated carbocycles. The van der Waals surface area contributed by atoms with Crippen molar-refractivity contribution >= 4 is 28.9 Å². The number of hydrogen-bond donors (Lipinski definition) is 1. The first kappa shape index (κ1) is 25.0. The summed E-state index contributed by atoms with van der Waals surface area (Å²) in [5, 5.41) is 2.53. The smallest absolute Gasteiger partial charge is 0.408 e. The molecule has 0 aromatic heterocycles. The van der Waals surface area contributed by atoms with Crippen molar-refractivity contribution in [3.05, 3.63) is 35.9 Å². The van der Waals surface area contributed by atoms with E-state index in [-0.39, 0.29) is 17.7 Å². The number of rotatable bonds is 14. The molecule has 0 spiro atoms. The zero-order chi connectivity index (χ0) is 21.3. The highest BCUT2D eigenvalue weighted by atomic mass is 32.2. The van der Waals surface area contributed by atoms with E-state index in [1.54, 1.807) is 6.92 Å². The summed E-state index contributed by atoms with van der Waals surface area (Å²) in [6, 6.07) is 8.84. The molecule has 0 fully saturated rings. The van der Waals surface area contributed by atoms with Gasteiger partial charge in [-0.05, 0) is 25.3 Å². The Morgan fingerprint density at radius 1 is 0.966 bits per heavy atom. The molecule has 162 valence electrons. The first-order valence-electron chi connectivity index (χ1n) is 10.2. The van der Waals surface area contributed by atoms with Gasteiger partial charge in [-0.1, -0.05) is 74.2 Å². The Morgan fingerprint density at radius 3 is 2.24 bits per heavy atom. The zero-order valence-corrected chi connectivity index (χ0v) is 18.3. The lowest BCUT2D eigenvalue weighted by molar-refractivity contribution is -0.140. The third-order valence-electron chi connectivity index (χ3n) is 4.40. The van der Waals surface area contributed by atoms with Gasteiger partial charge in [-0.25, -0.2) is 4.79 Å². The molecule has 1 aromatic rings. The monoisotopic (exact) mass is 423 g/mol. The summed E-state index contributed by atoms with van der Waals surface area (Å²) in [5.74, 6) is 0.617. The number of methoxy groups -OCH3 is 1. The van der Waals surface area contributed by atoms with Crippen LogP contribution in [0.15, 0.2) is 30.3 Å². The molecule has 1 aromatic carbocycles. The number of nitrogens with one attached hydrogen (secondary N) is 1. The van der Waals surface area contributed by atoms with E-state index < -0.39 is 12.1 Å². The number of benzene rings is 1. The minimum absolute atomic E-state index is 0.0514. The number of ether oxygens (including phenoxy) is 2. The van der Waals surface area contributed by atoms with Crippen LogP contribution in [-0.4, -0.2) is 36.1 Å². The largest absolute Gasteiger partial charge is 0.469 e. The van der Waals surface area contributed by atoms with Gasteiger partial charge in [-0.3, -0.25) is 9.59 Å². The van der Waals surface area contributed by atoms with Gasteiger partial charge >= 0.3 is 12.1 Å². The number of alkyl carbamates (subject to hydrolysis) is 1. The molecule has 0 radical (unpaired) electrons. The zero-order valence-electron chi connectivity index (χ0n) is 17.5. The predicted octanol–water partition coefficient (Wildman–Crippen LogP) is 4.85. The molecule has 7 heteroatoms. The van der Waals surface area contributed by atoms with Crippen molar-refractivity contribution in [2.24, 2.45) is 0 Å². The van der Waals surface area contributed by atoms with Crippen LogP contribution in [0, 0.1) is 0 Å². The number of esters is 1. The Bertz CT molecular complexity index is 608. The minimum Gasteiger partial charge on any atom is -0.469 e. The van der Waals surface area contributed by atoms with Crippen molar-refractivity contribution in [3.63, 3.8) is 0 Å². The van der Waals surface area contributed by atoms with E-state index in [9.17, 15) is 14.4 Å². The van der Waals surface area contributed by atoms with Gasteiger partial charge in [0, 0.05) is 12.2 Å². The van der Waals surface area contributed by atoms with E-state index in [0.29, 0.717) is 6.42 Å². The van der Waals surface area contributed by atoms with Crippen LogP contribution in [0.25, 0.3) is 0 Å². The Kier molecular flexibility index (Phi) is 13.7. The Morgan fingerprint density at radius 2 is 1.59 bits per heavy atom. The summed E-state index contributed by atoms with van der Waals surface area (Å²) in [7, 11) is 1.42. The van der Waals surface area contributed by atoms with E-state index in [1.807, 2.05) is 30.3 Å². The quantitative estimate of drug-likeness (QED) is 0.340. The van der Waals surface area contributed by atoms with Gasteiger partial charge in [-0.2, -0.15) is 0 Å². The normalized spacial score (nSPS) is 11.5. The van der Waals surface area contributed by atoms with E-state index in [1.165, 1.54) is 18.9 Å². The number of unbranched alkanes of at least 4 members (excludes halogenated alkanes) is 6. The van der Waals surface area contributed by atoms with Gasteiger partial charge in [0.05, 0.1) is 13.2 Å². The fourth-order valence-corrected chi connectivity index (χ4v) is 3.51. The number of carbonyl (C=O) groups excluding carboxylic acids is 3. The molecule has 0 aliphatic rings. The SMILES string of the molecule is COC(=O)CCCCCCCCCSC(=O)[C@H](C)NC(=O)OCc1ccccc1. The standard InChI is InChI=1S/C22H33NO5S/c1-18(23-22(26)28-17-19-13-9-8-10-14-19)21(25)29-16-12-7-5-3-4-6-11-15-20(24)27-2/h8-10,13-14,18H,3-7,11-12,15-17H2,1-2H3,(H,23,26)/t18-/m0/s1. The molecule has 0 aliphatic heterocycles. The van der Waals surface area contributed by atoms with Gasteiger partial charge < -0.3 is 14.8 Å². The van der Waals surface area contributed by atoms with Crippen molar-refractivity contribution in [2.45, 2.75) is 70.9 Å². The number of thioether (sulfide) groups is 1. The second kappa shape index (κ2) is 15.9. The number of hydrogen-bond acceptors (Lipinski definition) is 6. The van der Waals surface area contributed by atoms with Crippen LogP contribution in [0.1, 0.15) is 63.9 Å². The predicted molar refractivity (Wildman–Crippen MR) is 116 cm³/mol. The molecule has 1 amide bonds. The molecule has 0 unspecified atom stereocenters. The molecule has 1 atom stereocenters. The number of carbonyl (C=O) groups is 3. The average Bonchev–Trinajstić information content (AvgIpc) is 2.73. The first-order valence-corrected chi connectivity index (χ1v) is 11.2. The topological polar surface area (TPSA) is 81.7 Å². The molecule has 0 saturated heterocycles. The van der Waals surface area contributed by atoms with Crippen LogP contribution in [0.3, 0.4) is 0 Å². The van der Waals surface area contributed by atoms with Crippen molar-refractivity contribution < 1.29 is 23.9 Å². The molecule has 0 heterocycles. The second-order valence-electron chi connectivity index (χ2n) is 6.90. The highest BCUT2D eigenvalue weighted by Crippen LogP contribution is 2.13. The van der Waals surface area contributed by atoms with E-state index in [4.69, 9.17) is 4.74 Å². The highest BCUT2D eigenvalue weighted by Gasteiger charge is 2.16. The van der Waals surface area contributed by atoms with Crippen molar-refractivity contribution in [1.29, 1.82) is 0 Å². The van der Waals surface area contributed by atoms with E-state index in [2.05, 4.69) is 10.1 Å². The van der Waals surface area contributed by atoms with Crippen LogP contribution in [0.5, 0.6) is 0 Å². The maximum absolute atomic E-state index is 12.1. The Labute approximate surface area is 178 Å². The summed E-state index contributed by atoms with van der Waals surface area (Å²) >= 11 is 1.26. The van der Waals surface area contributed by atoms with Gasteiger partial charge in [0.1, 0.15) is 6.61 Å². The van der Waals surface area contributed by atoms with Crippen LogP contribution in [0.2, 0.25) is 0 Å². The average molecular weight is 424 g/mol. The highest BCUT2D eigenvalue weighted by molar-refractivity contribution is 8.13. The second-order valence-corrected chi connectivity index (χ2v) is 8.00. The number of amides is 1. The fourth-order valence-electron chi connectivity index (χ4n) is 2.66. The summed E-state index contributed by atoms with van der Waals surface area (Å²) < 4.78 is 9.74. The molecule has 0 aliphatic carbocycles. The van der Waals surface area contributed by atoms with Crippen LogP contribution < -0.4 is 5.32 Å². The van der Waals surface area contributed by atoms with Crippen LogP contribution in [0.4, 0.5) is 4.79 Å². The minimum atomic E-state index is -0.581. The van der Waals surface area contributed by atoms with Crippen molar-refractivity contribution in [2.75, 3.05) is 12.9 Å². The fraction of sp³-hybridized carbons (Fsp3) is 0.591. The summed E-state index contributed by atoms with van der Waals surface area (Å²) in [6.45, 7) is 1.86. The lowest BCUT2D eigenvalue weighted by Crippen LogP contribution is -2.37. The van der Waals surface area contributed by atoms with Crippen LogP contribution >= 0.6 is 11.8 Å². The Balaban J connectivity index is 1.99. The van der Waals surface area contributed by atoms with E-state index in [0.717, 1.165) is 56.3 Å². The summed E-state index contributed by atoms with van der Waals surface area (Å²) in [4.78, 5) is 34.9. The summed E-state index contributed by atoms with van der Waals surface area (Å²) in [6.07, 6.45) is 7.31. The third kappa shape index (κ3) is 12.9. The van der Waals surface area contributed by atoms with E-state index >= 15 is 0 Å². The molecule has 1 rings (SSSR count). The first-order chi connectivity index (χ1) is 14.0. The van der Waals surface area contributed by atoms with Crippen molar-refractivity contribution in [3.8, 4) is 0 Å². The molecule has 1 N–H and O–H groups in total. The van der Waals surface area contributed by atoms with Gasteiger partial charge in [0.2, 0.25) is 5.12 Å². The molecule has 6 nitrogen and oxygen atoms in total. The maximum atomic E-state index is 12.1. The third-order valence-corrected chi connectivity index (χ3v) is 5.53.